The molecule has 0 atom stereocenters. The van der Waals surface area contributed by atoms with Crippen molar-refractivity contribution in [3.8, 4) is 0 Å². The van der Waals surface area contributed by atoms with Gasteiger partial charge >= 0.3 is 8.56 Å². The smallest absolute Gasteiger partial charge is 0.311 e. The van der Waals surface area contributed by atoms with Crippen molar-refractivity contribution < 1.29 is 36.7 Å². The fourth-order valence-corrected chi connectivity index (χ4v) is 17.9. The average Bonchev–Trinajstić information content (AvgIpc) is 2.74. The summed E-state index contributed by atoms with van der Waals surface area (Å²) >= 11 is 0. The molecule has 8 nitrogen and oxygen atoms in total. The molecule has 212 valence electrons. The quantitative estimate of drug-likeness (QED) is 0.108. The molecular formula is C24H56O8Si3. The van der Waals surface area contributed by atoms with Gasteiger partial charge in [0.05, 0.1) is 26.4 Å². The molecule has 0 fully saturated rings. The number of methoxy groups -OCH3 is 2. The third-order valence-electron chi connectivity index (χ3n) is 5.20. The highest BCUT2D eigenvalue weighted by Crippen LogP contribution is 2.26. The molecular weight excluding hydrogens is 501 g/mol. The van der Waals surface area contributed by atoms with Crippen molar-refractivity contribution in [1.29, 1.82) is 0 Å². The minimum Gasteiger partial charge on any atom is -0.437 e. The van der Waals surface area contributed by atoms with E-state index in [4.69, 9.17) is 36.7 Å². The lowest BCUT2D eigenvalue weighted by molar-refractivity contribution is 0.0399. The summed E-state index contributed by atoms with van der Waals surface area (Å²) in [5, 5.41) is 0. The van der Waals surface area contributed by atoms with Crippen molar-refractivity contribution in [3.05, 3.63) is 0 Å². The van der Waals surface area contributed by atoms with E-state index in [2.05, 4.69) is 39.3 Å². The first-order chi connectivity index (χ1) is 16.5. The second-order valence-electron chi connectivity index (χ2n) is 10.5. The van der Waals surface area contributed by atoms with E-state index in [1.165, 1.54) is 0 Å². The Morgan fingerprint density at radius 3 is 1.03 bits per heavy atom. The van der Waals surface area contributed by atoms with E-state index in [1.54, 1.807) is 14.2 Å². The first-order valence-electron chi connectivity index (χ1n) is 13.2. The second kappa shape index (κ2) is 21.3. The van der Waals surface area contributed by atoms with E-state index >= 15 is 0 Å². The van der Waals surface area contributed by atoms with Crippen molar-refractivity contribution in [2.75, 3.05) is 80.3 Å². The molecule has 0 aliphatic heterocycles. The van der Waals surface area contributed by atoms with Crippen LogP contribution >= 0.6 is 0 Å². The third kappa shape index (κ3) is 24.4. The molecule has 0 amide bonds. The Kier molecular flexibility index (Phi) is 21.5. The standard InChI is InChI=1S/C24H56O8Si3/c1-25-13-9-15-27-19-21-29-17-11-23-33(3,4)31-35(7,8)32-34(5,6)24-12-18-30-22-20-28-16-10-14-26-2/h9-24H2,1-8H3. The molecule has 0 unspecified atom stereocenters. The zero-order chi connectivity index (χ0) is 26.5. The fraction of sp³-hybridized carbons (Fsp3) is 1.00. The summed E-state index contributed by atoms with van der Waals surface area (Å²) in [6.07, 6.45) is 3.88. The highest BCUT2D eigenvalue weighted by Gasteiger charge is 2.39. The lowest BCUT2D eigenvalue weighted by Crippen LogP contribution is -2.52. The summed E-state index contributed by atoms with van der Waals surface area (Å²) in [6, 6.07) is 2.15. The maximum Gasteiger partial charge on any atom is 0.311 e. The predicted molar refractivity (Wildman–Crippen MR) is 150 cm³/mol. The minimum atomic E-state index is -2.19. The second-order valence-corrected chi connectivity index (χ2v) is 22.9. The monoisotopic (exact) mass is 556 g/mol. The van der Waals surface area contributed by atoms with Gasteiger partial charge in [-0.3, -0.25) is 0 Å². The number of hydrogen-bond acceptors (Lipinski definition) is 8. The first kappa shape index (κ1) is 35.3. The normalized spacial score (nSPS) is 13.0. The molecule has 0 saturated carbocycles. The van der Waals surface area contributed by atoms with Gasteiger partial charge in [0, 0.05) is 53.9 Å². The van der Waals surface area contributed by atoms with E-state index in [9.17, 15) is 0 Å². The van der Waals surface area contributed by atoms with Crippen LogP contribution in [0, 0.1) is 0 Å². The highest BCUT2D eigenvalue weighted by atomic mass is 28.5. The van der Waals surface area contributed by atoms with Crippen LogP contribution in [0.5, 0.6) is 0 Å². The SMILES string of the molecule is COCCCOCCOCCC[Si](C)(C)O[Si](C)(C)O[Si](C)(C)CCCOCCOCCCOC. The van der Waals surface area contributed by atoms with Crippen LogP contribution in [0.4, 0.5) is 0 Å². The predicted octanol–water partition coefficient (Wildman–Crippen LogP) is 5.05. The van der Waals surface area contributed by atoms with Gasteiger partial charge in [0.15, 0.2) is 16.6 Å². The summed E-state index contributed by atoms with van der Waals surface area (Å²) in [5.41, 5.74) is 0. The molecule has 0 aliphatic carbocycles. The average molecular weight is 557 g/mol. The van der Waals surface area contributed by atoms with Crippen LogP contribution in [-0.4, -0.2) is 105 Å². The minimum absolute atomic E-state index is 0.641. The number of hydrogen-bond donors (Lipinski definition) is 0. The molecule has 0 radical (unpaired) electrons. The van der Waals surface area contributed by atoms with E-state index in [1.807, 2.05) is 0 Å². The molecule has 0 spiro atoms. The Morgan fingerprint density at radius 1 is 0.400 bits per heavy atom. The Labute approximate surface area is 219 Å². The Bertz CT molecular complexity index is 442. The van der Waals surface area contributed by atoms with Crippen molar-refractivity contribution in [2.24, 2.45) is 0 Å². The van der Waals surface area contributed by atoms with Crippen molar-refractivity contribution in [2.45, 2.75) is 77.1 Å². The molecule has 0 saturated heterocycles. The van der Waals surface area contributed by atoms with Gasteiger partial charge in [0.25, 0.3) is 0 Å². The van der Waals surface area contributed by atoms with E-state index in [0.717, 1.165) is 77.4 Å². The Balaban J connectivity index is 3.95. The third-order valence-corrected chi connectivity index (χ3v) is 16.7. The zero-order valence-corrected chi connectivity index (χ0v) is 27.1. The summed E-state index contributed by atoms with van der Waals surface area (Å²) in [6.45, 7) is 20.6. The largest absolute Gasteiger partial charge is 0.437 e. The van der Waals surface area contributed by atoms with Crippen LogP contribution in [0.2, 0.25) is 51.4 Å². The summed E-state index contributed by atoms with van der Waals surface area (Å²) < 4.78 is 45.9. The van der Waals surface area contributed by atoms with E-state index in [-0.39, 0.29) is 0 Å². The maximum absolute atomic E-state index is 6.69. The van der Waals surface area contributed by atoms with Gasteiger partial charge in [-0.1, -0.05) is 0 Å². The van der Waals surface area contributed by atoms with Crippen LogP contribution in [0.15, 0.2) is 0 Å². The molecule has 35 heavy (non-hydrogen) atoms. The van der Waals surface area contributed by atoms with Crippen LogP contribution in [0.3, 0.4) is 0 Å². The van der Waals surface area contributed by atoms with Gasteiger partial charge in [0.2, 0.25) is 0 Å². The molecule has 0 aromatic carbocycles. The molecule has 0 heterocycles. The highest BCUT2D eigenvalue weighted by molar-refractivity contribution is 6.87. The lowest BCUT2D eigenvalue weighted by Gasteiger charge is -2.38. The van der Waals surface area contributed by atoms with E-state index < -0.39 is 25.2 Å². The molecule has 0 aromatic rings. The fourth-order valence-electron chi connectivity index (χ4n) is 3.91. The van der Waals surface area contributed by atoms with Crippen molar-refractivity contribution in [3.63, 3.8) is 0 Å². The van der Waals surface area contributed by atoms with Gasteiger partial charge in [-0.2, -0.15) is 0 Å². The first-order valence-corrected chi connectivity index (χ1v) is 22.3. The molecule has 11 heteroatoms. The van der Waals surface area contributed by atoms with Crippen LogP contribution < -0.4 is 0 Å². The Morgan fingerprint density at radius 2 is 0.714 bits per heavy atom. The molecule has 0 aliphatic rings. The Hall–Kier alpha value is 0.331. The topological polar surface area (TPSA) is 73.8 Å². The van der Waals surface area contributed by atoms with Gasteiger partial charge in [-0.25, -0.2) is 0 Å². The summed E-state index contributed by atoms with van der Waals surface area (Å²) in [5.74, 6) is 0. The van der Waals surface area contributed by atoms with E-state index in [0.29, 0.717) is 26.4 Å². The van der Waals surface area contributed by atoms with Gasteiger partial charge in [-0.15, -0.1) is 0 Å². The van der Waals surface area contributed by atoms with Gasteiger partial charge in [0.1, 0.15) is 0 Å². The van der Waals surface area contributed by atoms with Crippen molar-refractivity contribution in [1.82, 2.24) is 0 Å². The molecule has 0 N–H and O–H groups in total. The number of ether oxygens (including phenoxy) is 6. The van der Waals surface area contributed by atoms with Crippen molar-refractivity contribution >= 4 is 25.2 Å². The number of rotatable bonds is 26. The van der Waals surface area contributed by atoms with Gasteiger partial charge in [-0.05, 0) is 77.1 Å². The van der Waals surface area contributed by atoms with Crippen LogP contribution in [0.25, 0.3) is 0 Å². The zero-order valence-electron chi connectivity index (χ0n) is 24.1. The van der Waals surface area contributed by atoms with Crippen LogP contribution in [0.1, 0.15) is 25.7 Å². The lowest BCUT2D eigenvalue weighted by atomic mass is 10.5. The molecule has 0 aromatic heterocycles. The molecule has 0 rings (SSSR count). The summed E-state index contributed by atoms with van der Waals surface area (Å²) in [7, 11) is -2.39. The summed E-state index contributed by atoms with van der Waals surface area (Å²) in [4.78, 5) is 0. The molecule has 0 bridgehead atoms. The van der Waals surface area contributed by atoms with Crippen LogP contribution in [-0.2, 0) is 36.7 Å². The van der Waals surface area contributed by atoms with Gasteiger partial charge < -0.3 is 36.7 Å². The maximum atomic E-state index is 6.69.